The molecule has 2 heterocycles. The molecule has 2 nitrogen and oxygen atoms in total. The highest BCUT2D eigenvalue weighted by Gasteiger charge is 2.47. The molecule has 3 heteroatoms. The molecule has 2 aliphatic heterocycles. The summed E-state index contributed by atoms with van der Waals surface area (Å²) in [6.07, 6.45) is 6.99. The molecule has 0 spiro atoms. The first kappa shape index (κ1) is 36.6. The Kier molecular flexibility index (Phi) is 9.55. The second-order valence-electron chi connectivity index (χ2n) is 17.4. The average molecular weight is 791 g/mol. The summed E-state index contributed by atoms with van der Waals surface area (Å²) in [5, 5.41) is 5.49. The van der Waals surface area contributed by atoms with E-state index in [1.165, 1.54) is 80.8 Å². The molecule has 8 aromatic carbocycles. The van der Waals surface area contributed by atoms with Gasteiger partial charge in [0.15, 0.2) is 8.07 Å². The first-order valence-electron chi connectivity index (χ1n) is 21.9. The van der Waals surface area contributed by atoms with Crippen LogP contribution in [0.15, 0.2) is 218 Å². The molecule has 2 aliphatic carbocycles. The van der Waals surface area contributed by atoms with Crippen molar-refractivity contribution in [1.29, 1.82) is 0 Å². The topological polar surface area (TPSA) is 6.48 Å². The minimum atomic E-state index is -2.65. The number of hydrogen-bond donors (Lipinski definition) is 0. The van der Waals surface area contributed by atoms with Gasteiger partial charge in [0.25, 0.3) is 0 Å². The summed E-state index contributed by atoms with van der Waals surface area (Å²) in [4.78, 5) is 5.22. The van der Waals surface area contributed by atoms with Gasteiger partial charge in [0.05, 0.1) is 0 Å². The molecule has 2 saturated carbocycles. The van der Waals surface area contributed by atoms with Crippen LogP contribution in [0.5, 0.6) is 0 Å². The van der Waals surface area contributed by atoms with Gasteiger partial charge in [0.2, 0.25) is 0 Å². The van der Waals surface area contributed by atoms with E-state index in [0.717, 1.165) is 28.9 Å². The highest BCUT2D eigenvalue weighted by molar-refractivity contribution is 7.19. The van der Waals surface area contributed by atoms with Crippen LogP contribution in [-0.4, -0.2) is 20.2 Å². The fourth-order valence-electron chi connectivity index (χ4n) is 11.4. The van der Waals surface area contributed by atoms with Crippen LogP contribution in [0.3, 0.4) is 0 Å². The molecule has 0 amide bonds. The molecule has 4 aliphatic rings. The van der Waals surface area contributed by atoms with Crippen LogP contribution in [-0.2, 0) is 0 Å². The average Bonchev–Trinajstić information content (AvgIpc) is 3.31. The Balaban J connectivity index is 0.984. The van der Waals surface area contributed by atoms with Crippen LogP contribution < -0.4 is 30.5 Å². The predicted molar refractivity (Wildman–Crippen MR) is 256 cm³/mol. The van der Waals surface area contributed by atoms with E-state index in [2.05, 4.69) is 228 Å². The number of hydrogen-bond acceptors (Lipinski definition) is 2. The van der Waals surface area contributed by atoms with Gasteiger partial charge in [-0.05, 0) is 135 Å². The van der Waals surface area contributed by atoms with Crippen LogP contribution in [0.1, 0.15) is 32.1 Å². The molecule has 0 radical (unpaired) electrons. The Bertz CT molecular complexity index is 2560. The molecule has 2 saturated heterocycles. The van der Waals surface area contributed by atoms with Crippen molar-refractivity contribution in [3.05, 3.63) is 218 Å². The maximum Gasteiger partial charge on any atom is 0.179 e. The zero-order valence-electron chi connectivity index (χ0n) is 34.0. The lowest BCUT2D eigenvalue weighted by molar-refractivity contribution is 0.0900. The zero-order valence-corrected chi connectivity index (χ0v) is 35.0. The first-order chi connectivity index (χ1) is 29.7. The molecule has 0 N–H and O–H groups in total. The third-order valence-electron chi connectivity index (χ3n) is 13.9. The number of anilines is 4. The van der Waals surface area contributed by atoms with E-state index in [1.807, 2.05) is 0 Å². The summed E-state index contributed by atoms with van der Waals surface area (Å²) < 4.78 is 0. The Morgan fingerprint density at radius 3 is 1.17 bits per heavy atom. The molecule has 12 rings (SSSR count). The van der Waals surface area contributed by atoms with E-state index in [0.29, 0.717) is 12.1 Å². The van der Waals surface area contributed by atoms with Crippen molar-refractivity contribution in [2.45, 2.75) is 44.2 Å². The summed E-state index contributed by atoms with van der Waals surface area (Å²) in [5.74, 6) is 1.91. The summed E-state index contributed by atoms with van der Waals surface area (Å²) in [6.45, 7) is 0. The van der Waals surface area contributed by atoms with E-state index in [9.17, 15) is 0 Å². The molecule has 292 valence electrons. The SMILES string of the molecule is c1ccc(-c2ccc(N(c3ccc(-c4cccc(N5C6CC7CC(C6)CC5C7)c4)cc3)c3ccc([Si](c4ccccc4)(c4ccccc4)c4ccccc4)cc3)cc2)cc1. The monoisotopic (exact) mass is 790 g/mol. The van der Waals surface area contributed by atoms with Crippen LogP contribution in [0.2, 0.25) is 0 Å². The zero-order chi connectivity index (χ0) is 39.9. The molecular formula is C57H50N2Si. The Morgan fingerprint density at radius 1 is 0.333 bits per heavy atom. The van der Waals surface area contributed by atoms with Crippen molar-refractivity contribution in [2.24, 2.45) is 11.8 Å². The second-order valence-corrected chi connectivity index (χ2v) is 21.2. The summed E-state index contributed by atoms with van der Waals surface area (Å²) in [5.41, 5.74) is 9.79. The third-order valence-corrected chi connectivity index (χ3v) is 18.7. The lowest BCUT2D eigenvalue weighted by Crippen LogP contribution is -2.74. The van der Waals surface area contributed by atoms with Crippen molar-refractivity contribution in [3.63, 3.8) is 0 Å². The largest absolute Gasteiger partial charge is 0.366 e. The summed E-state index contributed by atoms with van der Waals surface area (Å²) in [7, 11) is -2.65. The van der Waals surface area contributed by atoms with Crippen LogP contribution >= 0.6 is 0 Å². The van der Waals surface area contributed by atoms with Gasteiger partial charge in [-0.1, -0.05) is 170 Å². The molecule has 4 fully saturated rings. The maximum atomic E-state index is 2.81. The molecule has 0 atom stereocenters. The van der Waals surface area contributed by atoms with Gasteiger partial charge >= 0.3 is 0 Å². The highest BCUT2D eigenvalue weighted by Crippen LogP contribution is 2.51. The second kappa shape index (κ2) is 15.6. The fourth-order valence-corrected chi connectivity index (χ4v) is 16.2. The van der Waals surface area contributed by atoms with E-state index in [4.69, 9.17) is 0 Å². The van der Waals surface area contributed by atoms with Crippen LogP contribution in [0, 0.1) is 11.8 Å². The standard InChI is InChI=1S/C57H50N2Si/c1-5-14-44(15-6-1)45-24-28-48(29-25-45)58(49-30-26-46(27-31-49)47-16-13-17-51(41-47)59-52-37-42-36-43(39-52)40-53(59)38-42)50-32-34-57(35-33-50)60(54-18-7-2-8-19-54,55-20-9-3-10-21-55)56-22-11-4-12-23-56/h1-35,41-43,52-53H,36-40H2. The van der Waals surface area contributed by atoms with Gasteiger partial charge in [-0.15, -0.1) is 0 Å². The third kappa shape index (κ3) is 6.58. The molecule has 60 heavy (non-hydrogen) atoms. The number of piperidine rings is 2. The van der Waals surface area contributed by atoms with Crippen molar-refractivity contribution >= 4 is 51.6 Å². The van der Waals surface area contributed by atoms with Gasteiger partial charge in [-0.2, -0.15) is 0 Å². The smallest absolute Gasteiger partial charge is 0.179 e. The highest BCUT2D eigenvalue weighted by atomic mass is 28.3. The molecule has 8 aromatic rings. The van der Waals surface area contributed by atoms with Gasteiger partial charge in [0, 0.05) is 34.8 Å². The van der Waals surface area contributed by atoms with Crippen LogP contribution in [0.4, 0.5) is 22.7 Å². The van der Waals surface area contributed by atoms with Crippen molar-refractivity contribution in [3.8, 4) is 22.3 Å². The first-order valence-corrected chi connectivity index (χ1v) is 23.9. The van der Waals surface area contributed by atoms with Gasteiger partial charge < -0.3 is 9.80 Å². The minimum Gasteiger partial charge on any atom is -0.366 e. The Morgan fingerprint density at radius 2 is 0.700 bits per heavy atom. The minimum absolute atomic E-state index is 0.716. The molecule has 0 unspecified atom stereocenters. The number of rotatable bonds is 10. The summed E-state index contributed by atoms with van der Waals surface area (Å²) in [6, 6.07) is 82.8. The normalized spacial score (nSPS) is 19.3. The van der Waals surface area contributed by atoms with Crippen molar-refractivity contribution in [2.75, 3.05) is 9.80 Å². The van der Waals surface area contributed by atoms with E-state index in [1.54, 1.807) is 0 Å². The predicted octanol–water partition coefficient (Wildman–Crippen LogP) is 11.6. The fraction of sp³-hybridized carbons (Fsp3) is 0.158. The maximum absolute atomic E-state index is 2.81. The quantitative estimate of drug-likeness (QED) is 0.101. The molecule has 0 aromatic heterocycles. The lowest BCUT2D eigenvalue weighted by atomic mass is 9.63. The van der Waals surface area contributed by atoms with Gasteiger partial charge in [0.1, 0.15) is 0 Å². The van der Waals surface area contributed by atoms with Crippen molar-refractivity contribution < 1.29 is 0 Å². The van der Waals surface area contributed by atoms with Crippen molar-refractivity contribution in [1.82, 2.24) is 0 Å². The lowest BCUT2D eigenvalue weighted by Gasteiger charge is -2.57. The van der Waals surface area contributed by atoms with E-state index >= 15 is 0 Å². The van der Waals surface area contributed by atoms with E-state index in [-0.39, 0.29) is 0 Å². The van der Waals surface area contributed by atoms with Crippen LogP contribution in [0.25, 0.3) is 22.3 Å². The summed E-state index contributed by atoms with van der Waals surface area (Å²) >= 11 is 0. The Hall–Kier alpha value is -6.42. The molecule has 4 bridgehead atoms. The molecular weight excluding hydrogens is 741 g/mol. The van der Waals surface area contributed by atoms with E-state index < -0.39 is 8.07 Å². The van der Waals surface area contributed by atoms with Gasteiger partial charge in [-0.3, -0.25) is 0 Å². The number of nitrogens with zero attached hydrogens (tertiary/aromatic N) is 2. The Labute approximate surface area is 356 Å². The van der Waals surface area contributed by atoms with Gasteiger partial charge in [-0.25, -0.2) is 0 Å². The number of benzene rings is 8.